The first-order valence-electron chi connectivity index (χ1n) is 8.11. The van der Waals surface area contributed by atoms with Gasteiger partial charge in [0.15, 0.2) is 0 Å². The third kappa shape index (κ3) is 6.65. The first-order valence-corrected chi connectivity index (χ1v) is 11.5. The second-order valence-electron chi connectivity index (χ2n) is 5.94. The lowest BCUT2D eigenvalue weighted by Crippen LogP contribution is -2.34. The Labute approximate surface area is 153 Å². The molecule has 9 nitrogen and oxygen atoms in total. The van der Waals surface area contributed by atoms with Crippen LogP contribution in [0.5, 0.6) is 0 Å². The molecule has 0 aromatic heterocycles. The third-order valence-electron chi connectivity index (χ3n) is 3.71. The smallest absolute Gasteiger partial charge is 0.251 e. The summed E-state index contributed by atoms with van der Waals surface area (Å²) in [6.45, 7) is 0.956. The van der Waals surface area contributed by atoms with Crippen LogP contribution in [0.25, 0.3) is 0 Å². The fourth-order valence-corrected chi connectivity index (χ4v) is 3.99. The molecule has 1 aromatic carbocycles. The van der Waals surface area contributed by atoms with Gasteiger partial charge in [-0.25, -0.2) is 26.3 Å². The molecule has 2 rings (SSSR count). The van der Waals surface area contributed by atoms with E-state index in [2.05, 4.69) is 14.8 Å². The van der Waals surface area contributed by atoms with Gasteiger partial charge in [-0.2, -0.15) is 0 Å². The molecule has 1 heterocycles. The molecule has 1 aliphatic heterocycles. The van der Waals surface area contributed by atoms with Crippen LogP contribution in [-0.4, -0.2) is 61.3 Å². The van der Waals surface area contributed by atoms with E-state index in [1.54, 1.807) is 0 Å². The molecule has 11 heteroatoms. The summed E-state index contributed by atoms with van der Waals surface area (Å²) in [4.78, 5) is 12.1. The zero-order valence-corrected chi connectivity index (χ0v) is 16.0. The maximum Gasteiger partial charge on any atom is 0.251 e. The minimum absolute atomic E-state index is 0.0163. The Morgan fingerprint density at radius 2 is 1.96 bits per heavy atom. The third-order valence-corrected chi connectivity index (χ3v) is 5.86. The minimum atomic E-state index is -3.75. The van der Waals surface area contributed by atoms with Crippen molar-refractivity contribution >= 4 is 26.0 Å². The number of carbonyl (C=O) groups excluding carboxylic acids is 1. The fourth-order valence-electron chi connectivity index (χ4n) is 2.41. The lowest BCUT2D eigenvalue weighted by molar-refractivity contribution is 0.0954. The molecule has 1 amide bonds. The van der Waals surface area contributed by atoms with Gasteiger partial charge in [0.25, 0.3) is 5.91 Å². The van der Waals surface area contributed by atoms with Crippen LogP contribution >= 0.6 is 0 Å². The molecule has 1 fully saturated rings. The van der Waals surface area contributed by atoms with E-state index in [-0.39, 0.29) is 36.2 Å². The second kappa shape index (κ2) is 8.91. The predicted octanol–water partition coefficient (Wildman–Crippen LogP) is -0.577. The van der Waals surface area contributed by atoms with Gasteiger partial charge in [-0.15, -0.1) is 0 Å². The van der Waals surface area contributed by atoms with E-state index < -0.39 is 26.0 Å². The molecule has 0 aliphatic carbocycles. The summed E-state index contributed by atoms with van der Waals surface area (Å²) in [5.41, 5.74) is 0.171. The van der Waals surface area contributed by atoms with Crippen molar-refractivity contribution in [3.8, 4) is 0 Å². The molecule has 1 aliphatic rings. The summed E-state index contributed by atoms with van der Waals surface area (Å²) >= 11 is 0. The number of hydrogen-bond acceptors (Lipinski definition) is 6. The van der Waals surface area contributed by atoms with Crippen LogP contribution in [0.15, 0.2) is 29.2 Å². The molecule has 0 spiro atoms. The highest BCUT2D eigenvalue weighted by atomic mass is 32.2. The number of ether oxygens (including phenoxy) is 1. The van der Waals surface area contributed by atoms with Crippen molar-refractivity contribution in [2.24, 2.45) is 0 Å². The monoisotopic (exact) mass is 405 g/mol. The molecule has 0 radical (unpaired) electrons. The Bertz CT molecular complexity index is 833. The molecule has 1 atom stereocenters. The Morgan fingerprint density at radius 3 is 2.62 bits per heavy atom. The molecule has 0 unspecified atom stereocenters. The van der Waals surface area contributed by atoms with Crippen molar-refractivity contribution in [3.05, 3.63) is 29.8 Å². The number of benzene rings is 1. The molecule has 1 saturated heterocycles. The van der Waals surface area contributed by atoms with Gasteiger partial charge in [-0.3, -0.25) is 4.79 Å². The number of carbonyl (C=O) groups is 1. The molecule has 26 heavy (non-hydrogen) atoms. The van der Waals surface area contributed by atoms with Crippen molar-refractivity contribution in [1.29, 1.82) is 0 Å². The van der Waals surface area contributed by atoms with E-state index in [9.17, 15) is 21.6 Å². The molecule has 0 bridgehead atoms. The Kier molecular flexibility index (Phi) is 7.12. The minimum Gasteiger partial charge on any atom is -0.377 e. The van der Waals surface area contributed by atoms with E-state index in [0.29, 0.717) is 6.61 Å². The quantitative estimate of drug-likeness (QED) is 0.471. The molecule has 0 saturated carbocycles. The standard InChI is InChI=1S/C15H23N3O6S2/c1-25(20,21)17-8-7-16-15(19)12-4-2-6-14(10-12)26(22,23)18-11-13-5-3-9-24-13/h2,4,6,10,13,17-18H,3,5,7-9,11H2,1H3,(H,16,19)/t13-/m0/s1. The van der Waals surface area contributed by atoms with Crippen LogP contribution in [-0.2, 0) is 24.8 Å². The van der Waals surface area contributed by atoms with Gasteiger partial charge in [-0.05, 0) is 31.0 Å². The van der Waals surface area contributed by atoms with Crippen molar-refractivity contribution in [2.45, 2.75) is 23.8 Å². The Hall–Kier alpha value is -1.53. The highest BCUT2D eigenvalue weighted by Gasteiger charge is 2.21. The van der Waals surface area contributed by atoms with Crippen molar-refractivity contribution in [1.82, 2.24) is 14.8 Å². The van der Waals surface area contributed by atoms with Crippen LogP contribution in [0, 0.1) is 0 Å². The van der Waals surface area contributed by atoms with Gasteiger partial charge < -0.3 is 10.1 Å². The Morgan fingerprint density at radius 1 is 1.19 bits per heavy atom. The number of amides is 1. The van der Waals surface area contributed by atoms with E-state index in [1.165, 1.54) is 24.3 Å². The lowest BCUT2D eigenvalue weighted by atomic mass is 10.2. The predicted molar refractivity (Wildman–Crippen MR) is 95.8 cm³/mol. The van der Waals surface area contributed by atoms with Crippen molar-refractivity contribution in [3.63, 3.8) is 0 Å². The molecular weight excluding hydrogens is 382 g/mol. The Balaban J connectivity index is 1.94. The van der Waals surface area contributed by atoms with Gasteiger partial charge in [-0.1, -0.05) is 6.07 Å². The van der Waals surface area contributed by atoms with E-state index in [0.717, 1.165) is 19.1 Å². The highest BCUT2D eigenvalue weighted by Crippen LogP contribution is 2.14. The van der Waals surface area contributed by atoms with Gasteiger partial charge in [0, 0.05) is 31.8 Å². The second-order valence-corrected chi connectivity index (χ2v) is 9.54. The average Bonchev–Trinajstić information content (AvgIpc) is 3.10. The average molecular weight is 405 g/mol. The molecular formula is C15H23N3O6S2. The largest absolute Gasteiger partial charge is 0.377 e. The fraction of sp³-hybridized carbons (Fsp3) is 0.533. The highest BCUT2D eigenvalue weighted by molar-refractivity contribution is 7.89. The van der Waals surface area contributed by atoms with E-state index in [4.69, 9.17) is 4.74 Å². The zero-order chi connectivity index (χ0) is 19.2. The van der Waals surface area contributed by atoms with Gasteiger partial charge in [0.05, 0.1) is 17.3 Å². The SMILES string of the molecule is CS(=O)(=O)NCCNC(=O)c1cccc(S(=O)(=O)NC[C@@H]2CCCO2)c1. The van der Waals surface area contributed by atoms with Crippen LogP contribution in [0.2, 0.25) is 0 Å². The summed E-state index contributed by atoms with van der Waals surface area (Å²) in [5.74, 6) is -0.489. The zero-order valence-electron chi connectivity index (χ0n) is 14.4. The number of nitrogens with one attached hydrogen (secondary N) is 3. The summed E-state index contributed by atoms with van der Waals surface area (Å²) in [7, 11) is -7.08. The van der Waals surface area contributed by atoms with Gasteiger partial charge in [0.1, 0.15) is 0 Å². The normalized spacial score (nSPS) is 18.0. The van der Waals surface area contributed by atoms with Crippen LogP contribution in [0.3, 0.4) is 0 Å². The topological polar surface area (TPSA) is 131 Å². The summed E-state index contributed by atoms with van der Waals surface area (Å²) in [6, 6.07) is 5.64. The summed E-state index contributed by atoms with van der Waals surface area (Å²) < 4.78 is 56.7. The van der Waals surface area contributed by atoms with E-state index >= 15 is 0 Å². The van der Waals surface area contributed by atoms with E-state index in [1.807, 2.05) is 0 Å². The van der Waals surface area contributed by atoms with Crippen molar-refractivity contribution < 1.29 is 26.4 Å². The molecule has 3 N–H and O–H groups in total. The van der Waals surface area contributed by atoms with Gasteiger partial charge in [0.2, 0.25) is 20.0 Å². The molecule has 146 valence electrons. The first-order chi connectivity index (χ1) is 12.2. The van der Waals surface area contributed by atoms with Crippen LogP contribution in [0.4, 0.5) is 0 Å². The maximum absolute atomic E-state index is 12.4. The number of sulfonamides is 2. The number of hydrogen-bond donors (Lipinski definition) is 3. The number of rotatable bonds is 9. The molecule has 1 aromatic rings. The van der Waals surface area contributed by atoms with Crippen molar-refractivity contribution in [2.75, 3.05) is 32.5 Å². The summed E-state index contributed by atoms with van der Waals surface area (Å²) in [6.07, 6.45) is 2.62. The van der Waals surface area contributed by atoms with Gasteiger partial charge >= 0.3 is 0 Å². The summed E-state index contributed by atoms with van der Waals surface area (Å²) in [5, 5.41) is 2.53. The maximum atomic E-state index is 12.4. The first kappa shape index (κ1) is 20.8. The van der Waals surface area contributed by atoms with Crippen LogP contribution < -0.4 is 14.8 Å². The lowest BCUT2D eigenvalue weighted by Gasteiger charge is -2.12. The van der Waals surface area contributed by atoms with Crippen LogP contribution in [0.1, 0.15) is 23.2 Å².